The summed E-state index contributed by atoms with van der Waals surface area (Å²) < 4.78 is 0. The third-order valence-electron chi connectivity index (χ3n) is 9.81. The zero-order chi connectivity index (χ0) is 22.0. The normalized spacial score (nSPS) is 31.4. The van der Waals surface area contributed by atoms with Crippen LogP contribution in [-0.2, 0) is 5.41 Å². The molecule has 0 N–H and O–H groups in total. The van der Waals surface area contributed by atoms with E-state index in [1.54, 1.807) is 5.56 Å². The fourth-order valence-corrected chi connectivity index (χ4v) is 8.85. The van der Waals surface area contributed by atoms with E-state index >= 15 is 0 Å². The van der Waals surface area contributed by atoms with Crippen LogP contribution in [0, 0.1) is 24.7 Å². The predicted octanol–water partition coefficient (Wildman–Crippen LogP) is 8.73. The highest BCUT2D eigenvalue weighted by molar-refractivity contribution is 5.86. The van der Waals surface area contributed by atoms with Crippen molar-refractivity contribution < 1.29 is 0 Å². The number of rotatable bonds is 3. The van der Waals surface area contributed by atoms with Crippen LogP contribution < -0.4 is 0 Å². The molecule has 1 heteroatoms. The van der Waals surface area contributed by atoms with E-state index in [4.69, 9.17) is 4.98 Å². The van der Waals surface area contributed by atoms with E-state index in [-0.39, 0.29) is 0 Å². The topological polar surface area (TPSA) is 12.9 Å². The van der Waals surface area contributed by atoms with Crippen LogP contribution in [0.4, 0.5) is 0 Å². The molecule has 5 aliphatic carbocycles. The molecule has 8 rings (SSSR count). The lowest BCUT2D eigenvalue weighted by Crippen LogP contribution is -2.48. The zero-order valence-corrected chi connectivity index (χ0v) is 20.2. The van der Waals surface area contributed by atoms with Crippen molar-refractivity contribution in [2.24, 2.45) is 17.8 Å². The molecule has 0 saturated heterocycles. The summed E-state index contributed by atoms with van der Waals surface area (Å²) >= 11 is 0. The standard InChI is InChI=1S/C32H37N/c1-21-12-26(25-6-3-2-4-7-25)17-27(13-21)30-11-10-28-29(8-5-9-31(28)33-30)32-18-22-14-23(19-32)16-24(15-22)20-32/h5,8-13,17,22-25H,2-4,6-7,14-16,18-20H2,1H3. The van der Waals surface area contributed by atoms with Gasteiger partial charge in [0.15, 0.2) is 0 Å². The minimum Gasteiger partial charge on any atom is -0.248 e. The van der Waals surface area contributed by atoms with Gasteiger partial charge in [0.1, 0.15) is 0 Å². The lowest BCUT2D eigenvalue weighted by atomic mass is 9.48. The fraction of sp³-hybridized carbons (Fsp3) is 0.531. The van der Waals surface area contributed by atoms with Gasteiger partial charge in [0, 0.05) is 10.9 Å². The largest absolute Gasteiger partial charge is 0.248 e. The lowest BCUT2D eigenvalue weighted by Gasteiger charge is -2.57. The van der Waals surface area contributed by atoms with Crippen LogP contribution in [0.15, 0.2) is 48.5 Å². The maximum atomic E-state index is 5.26. The average Bonchev–Trinajstić information content (AvgIpc) is 2.82. The molecule has 170 valence electrons. The minimum atomic E-state index is 0.426. The Kier molecular flexibility index (Phi) is 4.72. The van der Waals surface area contributed by atoms with Crippen molar-refractivity contribution in [3.05, 3.63) is 65.2 Å². The van der Waals surface area contributed by atoms with Crippen molar-refractivity contribution in [1.82, 2.24) is 4.98 Å². The van der Waals surface area contributed by atoms with Gasteiger partial charge in [0.25, 0.3) is 0 Å². The average molecular weight is 436 g/mol. The molecular formula is C32H37N. The van der Waals surface area contributed by atoms with Gasteiger partial charge in [-0.3, -0.25) is 0 Å². The first-order valence-electron chi connectivity index (χ1n) is 13.7. The van der Waals surface area contributed by atoms with Crippen LogP contribution in [0.2, 0.25) is 0 Å². The Morgan fingerprint density at radius 1 is 0.788 bits per heavy atom. The Labute approximate surface area is 199 Å². The molecule has 0 atom stereocenters. The predicted molar refractivity (Wildman–Crippen MR) is 138 cm³/mol. The third kappa shape index (κ3) is 3.46. The van der Waals surface area contributed by atoms with Gasteiger partial charge in [-0.05, 0) is 123 Å². The molecule has 1 heterocycles. The summed E-state index contributed by atoms with van der Waals surface area (Å²) in [4.78, 5) is 5.26. The Hall–Kier alpha value is -2.15. The van der Waals surface area contributed by atoms with Crippen molar-refractivity contribution in [1.29, 1.82) is 0 Å². The van der Waals surface area contributed by atoms with Gasteiger partial charge in [-0.1, -0.05) is 49.1 Å². The number of aryl methyl sites for hydroxylation is 1. The molecule has 33 heavy (non-hydrogen) atoms. The Balaban J connectivity index is 1.28. The van der Waals surface area contributed by atoms with E-state index < -0.39 is 0 Å². The van der Waals surface area contributed by atoms with Crippen LogP contribution >= 0.6 is 0 Å². The molecule has 0 radical (unpaired) electrons. The first-order valence-corrected chi connectivity index (χ1v) is 13.7. The van der Waals surface area contributed by atoms with Crippen LogP contribution in [-0.4, -0.2) is 4.98 Å². The van der Waals surface area contributed by atoms with E-state index in [0.717, 1.165) is 29.4 Å². The molecular weight excluding hydrogens is 398 g/mol. The molecule has 1 nitrogen and oxygen atoms in total. The van der Waals surface area contributed by atoms with Gasteiger partial charge < -0.3 is 0 Å². The zero-order valence-electron chi connectivity index (χ0n) is 20.2. The highest BCUT2D eigenvalue weighted by atomic mass is 14.7. The molecule has 5 saturated carbocycles. The third-order valence-corrected chi connectivity index (χ3v) is 9.81. The maximum Gasteiger partial charge on any atom is 0.0712 e. The van der Waals surface area contributed by atoms with Gasteiger partial charge in [-0.25, -0.2) is 4.98 Å². The van der Waals surface area contributed by atoms with Gasteiger partial charge >= 0.3 is 0 Å². The number of aromatic nitrogens is 1. The Morgan fingerprint density at radius 2 is 1.52 bits per heavy atom. The molecule has 0 amide bonds. The number of hydrogen-bond donors (Lipinski definition) is 0. The first kappa shape index (κ1) is 20.2. The molecule has 1 aromatic heterocycles. The van der Waals surface area contributed by atoms with E-state index in [1.807, 2.05) is 0 Å². The highest BCUT2D eigenvalue weighted by Crippen LogP contribution is 2.61. The summed E-state index contributed by atoms with van der Waals surface area (Å²) in [6.45, 7) is 2.25. The fourth-order valence-electron chi connectivity index (χ4n) is 8.85. The number of hydrogen-bond acceptors (Lipinski definition) is 1. The summed E-state index contributed by atoms with van der Waals surface area (Å²) in [6.07, 6.45) is 15.6. The van der Waals surface area contributed by atoms with E-state index in [0.29, 0.717) is 5.41 Å². The Bertz CT molecular complexity index is 1160. The number of pyridine rings is 1. The highest BCUT2D eigenvalue weighted by Gasteiger charge is 2.51. The van der Waals surface area contributed by atoms with Crippen molar-refractivity contribution in [2.45, 2.75) is 88.9 Å². The van der Waals surface area contributed by atoms with Crippen molar-refractivity contribution >= 4 is 10.9 Å². The molecule has 4 bridgehead atoms. The number of nitrogens with zero attached hydrogens (tertiary/aromatic N) is 1. The van der Waals surface area contributed by atoms with Crippen molar-refractivity contribution in [3.63, 3.8) is 0 Å². The number of fused-ring (bicyclic) bond motifs is 1. The quantitative estimate of drug-likeness (QED) is 0.401. The van der Waals surface area contributed by atoms with E-state index in [9.17, 15) is 0 Å². The lowest BCUT2D eigenvalue weighted by molar-refractivity contribution is -0.00450. The van der Waals surface area contributed by atoms with Gasteiger partial charge in [0.05, 0.1) is 11.2 Å². The summed E-state index contributed by atoms with van der Waals surface area (Å²) in [7, 11) is 0. The van der Waals surface area contributed by atoms with E-state index in [2.05, 4.69) is 55.5 Å². The van der Waals surface area contributed by atoms with Crippen molar-refractivity contribution in [3.8, 4) is 11.3 Å². The molecule has 3 aromatic rings. The summed E-state index contributed by atoms with van der Waals surface area (Å²) in [5.41, 5.74) is 8.59. The van der Waals surface area contributed by atoms with Crippen LogP contribution in [0.3, 0.4) is 0 Å². The summed E-state index contributed by atoms with van der Waals surface area (Å²) in [6, 6.07) is 18.9. The second-order valence-electron chi connectivity index (χ2n) is 12.2. The maximum absolute atomic E-state index is 5.26. The first-order chi connectivity index (χ1) is 16.1. The second-order valence-corrected chi connectivity index (χ2v) is 12.2. The summed E-state index contributed by atoms with van der Waals surface area (Å²) in [5.74, 6) is 3.67. The molecule has 5 aliphatic rings. The smallest absolute Gasteiger partial charge is 0.0712 e. The van der Waals surface area contributed by atoms with Crippen molar-refractivity contribution in [2.75, 3.05) is 0 Å². The molecule has 2 aromatic carbocycles. The second kappa shape index (κ2) is 7.69. The minimum absolute atomic E-state index is 0.426. The van der Waals surface area contributed by atoms with Crippen LogP contribution in [0.25, 0.3) is 22.2 Å². The monoisotopic (exact) mass is 435 g/mol. The van der Waals surface area contributed by atoms with E-state index in [1.165, 1.54) is 98.2 Å². The molecule has 5 fully saturated rings. The Morgan fingerprint density at radius 3 is 2.24 bits per heavy atom. The summed E-state index contributed by atoms with van der Waals surface area (Å²) in [5, 5.41) is 1.42. The number of benzene rings is 2. The SMILES string of the molecule is Cc1cc(-c2ccc3c(C45CC6CC(CC(C6)C4)C5)cccc3n2)cc(C2CCCCC2)c1. The van der Waals surface area contributed by atoms with Gasteiger partial charge in [-0.2, -0.15) is 0 Å². The molecule has 0 unspecified atom stereocenters. The van der Waals surface area contributed by atoms with Crippen LogP contribution in [0.5, 0.6) is 0 Å². The van der Waals surface area contributed by atoms with Gasteiger partial charge in [-0.15, -0.1) is 0 Å². The molecule has 0 spiro atoms. The van der Waals surface area contributed by atoms with Crippen LogP contribution in [0.1, 0.15) is 93.2 Å². The molecule has 0 aliphatic heterocycles. The van der Waals surface area contributed by atoms with Gasteiger partial charge in [0.2, 0.25) is 0 Å².